The van der Waals surface area contributed by atoms with Crippen LogP contribution in [0.1, 0.15) is 69.7 Å². The standard InChI is InChI=1S/C37H44N4O2/c1-24(2)33(36(42)39-34-26(4)21-25(3)22-27(34)5)38-23-31-29-15-10-11-16-30(29)37(43)41(20-18-28-13-8-7-9-14-28)35(31)32-17-12-19-40(32)6/h7-17,19,21-22,24,31,33,35,38H,18,20,23H2,1-6H3,(H,39,42)/t31-,33+,35-/m0/s1. The number of carbonyl (C=O) groups is 2. The van der Waals surface area contributed by atoms with Gasteiger partial charge >= 0.3 is 0 Å². The van der Waals surface area contributed by atoms with Crippen LogP contribution in [0.25, 0.3) is 0 Å². The first-order chi connectivity index (χ1) is 20.7. The van der Waals surface area contributed by atoms with Gasteiger partial charge in [0.05, 0.1) is 12.1 Å². The molecule has 1 aliphatic rings. The zero-order chi connectivity index (χ0) is 30.7. The number of aromatic nitrogens is 1. The minimum absolute atomic E-state index is 0.0402. The van der Waals surface area contributed by atoms with Gasteiger partial charge in [0.15, 0.2) is 0 Å². The van der Waals surface area contributed by atoms with Crippen molar-refractivity contribution in [1.29, 1.82) is 0 Å². The van der Waals surface area contributed by atoms with Gasteiger partial charge in [-0.15, -0.1) is 0 Å². The van der Waals surface area contributed by atoms with E-state index >= 15 is 0 Å². The molecule has 2 amide bonds. The van der Waals surface area contributed by atoms with E-state index in [1.165, 1.54) is 11.1 Å². The minimum Gasteiger partial charge on any atom is -0.353 e. The smallest absolute Gasteiger partial charge is 0.254 e. The molecule has 4 aromatic rings. The van der Waals surface area contributed by atoms with Gasteiger partial charge in [0.25, 0.3) is 5.91 Å². The number of hydrogen-bond acceptors (Lipinski definition) is 3. The fourth-order valence-electron chi connectivity index (χ4n) is 6.65. The number of hydrogen-bond donors (Lipinski definition) is 2. The second-order valence-electron chi connectivity index (χ2n) is 12.3. The maximum absolute atomic E-state index is 14.1. The SMILES string of the molecule is Cc1cc(C)c(NC(=O)[C@H](NC[C@H]2c3ccccc3C(=O)N(CCc3ccccc3)[C@@H]2c2cccn2C)C(C)C)c(C)c1. The molecule has 2 N–H and O–H groups in total. The Bertz CT molecular complexity index is 1570. The lowest BCUT2D eigenvalue weighted by molar-refractivity contribution is -0.119. The van der Waals surface area contributed by atoms with Crippen molar-refractivity contribution < 1.29 is 9.59 Å². The molecule has 1 aliphatic heterocycles. The minimum atomic E-state index is -0.406. The second-order valence-corrected chi connectivity index (χ2v) is 12.3. The third-order valence-electron chi connectivity index (χ3n) is 8.77. The molecule has 224 valence electrons. The first-order valence-corrected chi connectivity index (χ1v) is 15.3. The van der Waals surface area contributed by atoms with E-state index in [2.05, 4.69) is 72.4 Å². The Morgan fingerprint density at radius 1 is 0.907 bits per heavy atom. The summed E-state index contributed by atoms with van der Waals surface area (Å²) in [6.45, 7) is 11.4. The highest BCUT2D eigenvalue weighted by atomic mass is 16.2. The van der Waals surface area contributed by atoms with Crippen molar-refractivity contribution in [1.82, 2.24) is 14.8 Å². The lowest BCUT2D eigenvalue weighted by atomic mass is 9.80. The topological polar surface area (TPSA) is 66.4 Å². The van der Waals surface area contributed by atoms with Gasteiger partial charge in [0.1, 0.15) is 0 Å². The molecule has 5 rings (SSSR count). The van der Waals surface area contributed by atoms with Crippen LogP contribution >= 0.6 is 0 Å². The summed E-state index contributed by atoms with van der Waals surface area (Å²) in [4.78, 5) is 29.9. The highest BCUT2D eigenvalue weighted by Gasteiger charge is 2.41. The van der Waals surface area contributed by atoms with E-state index in [1.807, 2.05) is 74.5 Å². The van der Waals surface area contributed by atoms with E-state index in [1.54, 1.807) is 0 Å². The largest absolute Gasteiger partial charge is 0.353 e. The maximum Gasteiger partial charge on any atom is 0.254 e. The normalized spacial score (nSPS) is 17.2. The first-order valence-electron chi connectivity index (χ1n) is 15.3. The predicted octanol–water partition coefficient (Wildman–Crippen LogP) is 6.73. The summed E-state index contributed by atoms with van der Waals surface area (Å²) in [5, 5.41) is 6.89. The van der Waals surface area contributed by atoms with Crippen molar-refractivity contribution in [3.05, 3.63) is 124 Å². The molecule has 0 aliphatic carbocycles. The fraction of sp³-hybridized carbons (Fsp3) is 0.351. The number of carbonyl (C=O) groups excluding carboxylic acids is 2. The van der Waals surface area contributed by atoms with Crippen molar-refractivity contribution in [2.75, 3.05) is 18.4 Å². The summed E-state index contributed by atoms with van der Waals surface area (Å²) in [6.07, 6.45) is 2.80. The van der Waals surface area contributed by atoms with Crippen LogP contribution < -0.4 is 10.6 Å². The van der Waals surface area contributed by atoms with Gasteiger partial charge in [-0.2, -0.15) is 0 Å². The van der Waals surface area contributed by atoms with E-state index in [9.17, 15) is 9.59 Å². The number of anilines is 1. The molecule has 0 saturated carbocycles. The molecule has 0 saturated heterocycles. The lowest BCUT2D eigenvalue weighted by Crippen LogP contribution is -2.50. The van der Waals surface area contributed by atoms with Crippen LogP contribution in [0.4, 0.5) is 5.69 Å². The third kappa shape index (κ3) is 6.45. The second kappa shape index (κ2) is 13.0. The highest BCUT2D eigenvalue weighted by molar-refractivity contribution is 5.98. The molecule has 1 aromatic heterocycles. The van der Waals surface area contributed by atoms with Gasteiger partial charge in [-0.1, -0.05) is 80.1 Å². The number of rotatable bonds is 10. The molecule has 0 spiro atoms. The van der Waals surface area contributed by atoms with Crippen LogP contribution in [0.5, 0.6) is 0 Å². The van der Waals surface area contributed by atoms with Crippen LogP contribution in [-0.4, -0.2) is 40.4 Å². The molecule has 0 bridgehead atoms. The molecular formula is C37H44N4O2. The van der Waals surface area contributed by atoms with Gasteiger partial charge < -0.3 is 20.1 Å². The summed E-state index contributed by atoms with van der Waals surface area (Å²) in [7, 11) is 2.04. The lowest BCUT2D eigenvalue weighted by Gasteiger charge is -2.43. The molecule has 43 heavy (non-hydrogen) atoms. The number of amides is 2. The average molecular weight is 577 g/mol. The average Bonchev–Trinajstić information content (AvgIpc) is 3.40. The molecule has 0 radical (unpaired) electrons. The summed E-state index contributed by atoms with van der Waals surface area (Å²) in [5.41, 5.74) is 8.23. The molecule has 3 aromatic carbocycles. The van der Waals surface area contributed by atoms with Crippen LogP contribution in [0, 0.1) is 26.7 Å². The van der Waals surface area contributed by atoms with Crippen LogP contribution in [0.15, 0.2) is 85.1 Å². The van der Waals surface area contributed by atoms with Crippen LogP contribution in [0.2, 0.25) is 0 Å². The van der Waals surface area contributed by atoms with E-state index < -0.39 is 6.04 Å². The van der Waals surface area contributed by atoms with E-state index in [4.69, 9.17) is 0 Å². The Morgan fingerprint density at radius 2 is 1.58 bits per heavy atom. The molecule has 2 heterocycles. The predicted molar refractivity (Wildman–Crippen MR) is 174 cm³/mol. The zero-order valence-electron chi connectivity index (χ0n) is 26.2. The number of aryl methyl sites for hydroxylation is 4. The van der Waals surface area contributed by atoms with Crippen molar-refractivity contribution in [2.45, 2.75) is 59.0 Å². The van der Waals surface area contributed by atoms with Crippen molar-refractivity contribution in [2.24, 2.45) is 13.0 Å². The van der Waals surface area contributed by atoms with E-state index in [0.717, 1.165) is 40.1 Å². The fourth-order valence-corrected chi connectivity index (χ4v) is 6.65. The molecule has 0 fully saturated rings. The Labute approximate surface area is 256 Å². The number of fused-ring (bicyclic) bond motifs is 1. The number of nitrogens with one attached hydrogen (secondary N) is 2. The summed E-state index contributed by atoms with van der Waals surface area (Å²) >= 11 is 0. The van der Waals surface area contributed by atoms with Gasteiger partial charge in [-0.05, 0) is 73.6 Å². The molecule has 6 heteroatoms. The van der Waals surface area contributed by atoms with Gasteiger partial charge in [0.2, 0.25) is 5.91 Å². The zero-order valence-corrected chi connectivity index (χ0v) is 26.2. The summed E-state index contributed by atoms with van der Waals surface area (Å²) in [6, 6.07) is 26.1. The van der Waals surface area contributed by atoms with Gasteiger partial charge in [-0.3, -0.25) is 9.59 Å². The van der Waals surface area contributed by atoms with Crippen molar-refractivity contribution in [3.8, 4) is 0 Å². The molecule has 6 nitrogen and oxygen atoms in total. The molecule has 3 atom stereocenters. The Balaban J connectivity index is 1.47. The number of benzene rings is 3. The number of nitrogens with zero attached hydrogens (tertiary/aromatic N) is 2. The summed E-state index contributed by atoms with van der Waals surface area (Å²) in [5.74, 6) is 0.0309. The van der Waals surface area contributed by atoms with Gasteiger partial charge in [-0.25, -0.2) is 0 Å². The Morgan fingerprint density at radius 3 is 2.23 bits per heavy atom. The van der Waals surface area contributed by atoms with Crippen molar-refractivity contribution >= 4 is 17.5 Å². The van der Waals surface area contributed by atoms with Crippen LogP contribution in [-0.2, 0) is 18.3 Å². The highest BCUT2D eigenvalue weighted by Crippen LogP contribution is 2.42. The van der Waals surface area contributed by atoms with E-state index in [-0.39, 0.29) is 29.7 Å². The molecule has 0 unspecified atom stereocenters. The third-order valence-corrected chi connectivity index (χ3v) is 8.77. The molecular weight excluding hydrogens is 532 g/mol. The van der Waals surface area contributed by atoms with Gasteiger partial charge in [0, 0.05) is 49.2 Å². The Hall–Kier alpha value is -4.16. The maximum atomic E-state index is 14.1. The van der Waals surface area contributed by atoms with E-state index in [0.29, 0.717) is 13.1 Å². The summed E-state index contributed by atoms with van der Waals surface area (Å²) < 4.78 is 2.12. The van der Waals surface area contributed by atoms with Crippen LogP contribution in [0.3, 0.4) is 0 Å². The Kier molecular flexibility index (Phi) is 9.16. The van der Waals surface area contributed by atoms with Crippen molar-refractivity contribution in [3.63, 3.8) is 0 Å². The first kappa shape index (κ1) is 30.3. The quantitative estimate of drug-likeness (QED) is 0.220. The monoisotopic (exact) mass is 576 g/mol.